The summed E-state index contributed by atoms with van der Waals surface area (Å²) >= 11 is 0. The van der Waals surface area contributed by atoms with Crippen molar-refractivity contribution in [1.29, 1.82) is 0 Å². The Morgan fingerprint density at radius 1 is 0.267 bits per heavy atom. The summed E-state index contributed by atoms with van der Waals surface area (Å²) in [6, 6.07) is 0. The molecule has 0 aliphatic carbocycles. The molecule has 0 spiro atoms. The lowest BCUT2D eigenvalue weighted by molar-refractivity contribution is -0.167. The van der Waals surface area contributed by atoms with Gasteiger partial charge in [-0.3, -0.25) is 14.4 Å². The minimum absolute atomic E-state index is 0.0705. The molecule has 0 aliphatic rings. The highest BCUT2D eigenvalue weighted by atomic mass is 16.6. The number of unbranched alkanes of at least 4 members (excludes halogenated alkanes) is 48. The molecule has 0 N–H and O–H groups in total. The van der Waals surface area contributed by atoms with Crippen LogP contribution in [-0.4, -0.2) is 37.2 Å². The largest absolute Gasteiger partial charge is 0.462 e. The number of hydrogen-bond donors (Lipinski definition) is 0. The Hall–Kier alpha value is -2.11. The molecule has 75 heavy (non-hydrogen) atoms. The number of allylic oxidation sites excluding steroid dienone is 4. The number of hydrogen-bond acceptors (Lipinski definition) is 6. The van der Waals surface area contributed by atoms with E-state index in [1.807, 2.05) is 0 Å². The zero-order valence-corrected chi connectivity index (χ0v) is 50.8. The molecule has 0 radical (unpaired) electrons. The van der Waals surface area contributed by atoms with Gasteiger partial charge in [0.1, 0.15) is 13.2 Å². The van der Waals surface area contributed by atoms with Gasteiger partial charge in [-0.25, -0.2) is 0 Å². The van der Waals surface area contributed by atoms with Gasteiger partial charge in [-0.2, -0.15) is 0 Å². The van der Waals surface area contributed by atoms with Crippen molar-refractivity contribution >= 4 is 17.9 Å². The number of esters is 3. The van der Waals surface area contributed by atoms with Gasteiger partial charge in [-0.1, -0.05) is 334 Å². The van der Waals surface area contributed by atoms with Crippen molar-refractivity contribution in [3.05, 3.63) is 24.3 Å². The van der Waals surface area contributed by atoms with Crippen molar-refractivity contribution in [2.75, 3.05) is 13.2 Å². The second-order valence-electron chi connectivity index (χ2n) is 23.1. The predicted molar refractivity (Wildman–Crippen MR) is 326 cm³/mol. The van der Waals surface area contributed by atoms with Gasteiger partial charge >= 0.3 is 17.9 Å². The summed E-state index contributed by atoms with van der Waals surface area (Å²) in [5, 5.41) is 0. The van der Waals surface area contributed by atoms with Gasteiger partial charge in [0.05, 0.1) is 0 Å². The van der Waals surface area contributed by atoms with Crippen LogP contribution in [0.4, 0.5) is 0 Å². The lowest BCUT2D eigenvalue weighted by atomic mass is 10.0. The fourth-order valence-electron chi connectivity index (χ4n) is 10.4. The van der Waals surface area contributed by atoms with Crippen molar-refractivity contribution < 1.29 is 28.6 Å². The fourth-order valence-corrected chi connectivity index (χ4v) is 10.4. The average Bonchev–Trinajstić information content (AvgIpc) is 3.41. The zero-order chi connectivity index (χ0) is 54.3. The smallest absolute Gasteiger partial charge is 0.306 e. The van der Waals surface area contributed by atoms with Crippen LogP contribution in [0.1, 0.15) is 380 Å². The number of carbonyl (C=O) groups excluding carboxylic acids is 3. The maximum Gasteiger partial charge on any atom is 0.306 e. The molecule has 0 aromatic rings. The Labute approximate surface area is 468 Å². The van der Waals surface area contributed by atoms with Crippen LogP contribution < -0.4 is 0 Å². The molecule has 0 saturated heterocycles. The van der Waals surface area contributed by atoms with Gasteiger partial charge in [0.25, 0.3) is 0 Å². The van der Waals surface area contributed by atoms with E-state index in [2.05, 4.69) is 45.1 Å². The van der Waals surface area contributed by atoms with Crippen LogP contribution in [0.15, 0.2) is 24.3 Å². The summed E-state index contributed by atoms with van der Waals surface area (Å²) in [5.41, 5.74) is 0. The van der Waals surface area contributed by atoms with Crippen LogP contribution in [0.25, 0.3) is 0 Å². The van der Waals surface area contributed by atoms with Crippen LogP contribution in [0.3, 0.4) is 0 Å². The molecule has 0 amide bonds. The van der Waals surface area contributed by atoms with Crippen LogP contribution in [-0.2, 0) is 28.6 Å². The summed E-state index contributed by atoms with van der Waals surface area (Å²) in [7, 11) is 0. The van der Waals surface area contributed by atoms with Gasteiger partial charge in [-0.15, -0.1) is 0 Å². The minimum atomic E-state index is -0.769. The second kappa shape index (κ2) is 64.4. The predicted octanol–water partition coefficient (Wildman–Crippen LogP) is 23.0. The van der Waals surface area contributed by atoms with Gasteiger partial charge in [0.15, 0.2) is 6.10 Å². The van der Waals surface area contributed by atoms with Gasteiger partial charge in [0, 0.05) is 19.3 Å². The summed E-state index contributed by atoms with van der Waals surface area (Å²) in [5.74, 6) is -0.872. The maximum absolute atomic E-state index is 12.8. The van der Waals surface area contributed by atoms with E-state index in [-0.39, 0.29) is 31.1 Å². The van der Waals surface area contributed by atoms with Gasteiger partial charge in [0.2, 0.25) is 0 Å². The van der Waals surface area contributed by atoms with E-state index in [4.69, 9.17) is 14.2 Å². The Kier molecular flexibility index (Phi) is 62.6. The van der Waals surface area contributed by atoms with E-state index in [1.54, 1.807) is 0 Å². The summed E-state index contributed by atoms with van der Waals surface area (Å²) in [6.07, 6.45) is 78.5. The van der Waals surface area contributed by atoms with Crippen LogP contribution in [0.5, 0.6) is 0 Å². The summed E-state index contributed by atoms with van der Waals surface area (Å²) in [6.45, 7) is 6.58. The first-order valence-electron chi connectivity index (χ1n) is 33.8. The highest BCUT2D eigenvalue weighted by Crippen LogP contribution is 2.19. The molecule has 1 atom stereocenters. The standard InChI is InChI=1S/C69H130O6/c1-4-7-10-13-15-17-19-21-23-25-26-27-28-29-30-31-32-33-34-35-36-37-38-39-40-41-42-44-45-47-49-51-53-56-59-62-68(71)74-65-66(64-73-67(70)61-58-55-12-9-6-3)75-69(72)63-60-57-54-52-50-48-46-43-24-22-20-18-16-14-11-8-5-2/h16,18,22,24,66H,4-15,17,19-21,23,25-65H2,1-3H3/b18-16-,24-22-. The Morgan fingerprint density at radius 2 is 0.480 bits per heavy atom. The number of ether oxygens (including phenoxy) is 3. The highest BCUT2D eigenvalue weighted by molar-refractivity contribution is 5.71. The molecule has 0 aliphatic heterocycles. The number of carbonyl (C=O) groups is 3. The van der Waals surface area contributed by atoms with E-state index < -0.39 is 6.10 Å². The molecule has 0 fully saturated rings. The summed E-state index contributed by atoms with van der Waals surface area (Å²) in [4.78, 5) is 37.9. The van der Waals surface area contributed by atoms with E-state index in [9.17, 15) is 14.4 Å². The van der Waals surface area contributed by atoms with Gasteiger partial charge < -0.3 is 14.2 Å². The quantitative estimate of drug-likeness (QED) is 0.0261. The Balaban J connectivity index is 3.84. The molecule has 1 unspecified atom stereocenters. The fraction of sp³-hybridized carbons (Fsp3) is 0.899. The van der Waals surface area contributed by atoms with E-state index >= 15 is 0 Å². The Bertz CT molecular complexity index is 1210. The molecule has 0 bridgehead atoms. The maximum atomic E-state index is 12.8. The van der Waals surface area contributed by atoms with Crippen LogP contribution in [0, 0.1) is 0 Å². The third kappa shape index (κ3) is 62.6. The normalized spacial score (nSPS) is 12.1. The van der Waals surface area contributed by atoms with E-state index in [0.29, 0.717) is 19.3 Å². The molecule has 0 rings (SSSR count). The van der Waals surface area contributed by atoms with Crippen molar-refractivity contribution in [3.8, 4) is 0 Å². The van der Waals surface area contributed by atoms with E-state index in [0.717, 1.165) is 77.0 Å². The van der Waals surface area contributed by atoms with Crippen molar-refractivity contribution in [1.82, 2.24) is 0 Å². The van der Waals surface area contributed by atoms with Crippen LogP contribution in [0.2, 0.25) is 0 Å². The highest BCUT2D eigenvalue weighted by Gasteiger charge is 2.19. The molecule has 6 heteroatoms. The third-order valence-electron chi connectivity index (χ3n) is 15.5. The topological polar surface area (TPSA) is 78.9 Å². The summed E-state index contributed by atoms with van der Waals surface area (Å²) < 4.78 is 16.8. The number of rotatable bonds is 63. The first-order valence-corrected chi connectivity index (χ1v) is 33.8. The molecule has 0 saturated carbocycles. The first-order chi connectivity index (χ1) is 37.0. The van der Waals surface area contributed by atoms with E-state index in [1.165, 1.54) is 263 Å². The molecule has 0 heterocycles. The van der Waals surface area contributed by atoms with Gasteiger partial charge in [-0.05, 0) is 51.4 Å². The van der Waals surface area contributed by atoms with Crippen LogP contribution >= 0.6 is 0 Å². The Morgan fingerprint density at radius 3 is 0.760 bits per heavy atom. The minimum Gasteiger partial charge on any atom is -0.462 e. The molecule has 442 valence electrons. The van der Waals surface area contributed by atoms with Crippen molar-refractivity contribution in [2.24, 2.45) is 0 Å². The first kappa shape index (κ1) is 72.9. The monoisotopic (exact) mass is 1050 g/mol. The lowest BCUT2D eigenvalue weighted by Crippen LogP contribution is -2.30. The molecule has 0 aromatic heterocycles. The molecule has 0 aromatic carbocycles. The van der Waals surface area contributed by atoms with Crippen molar-refractivity contribution in [2.45, 2.75) is 386 Å². The third-order valence-corrected chi connectivity index (χ3v) is 15.5. The molecule has 6 nitrogen and oxygen atoms in total. The zero-order valence-electron chi connectivity index (χ0n) is 50.8. The SMILES string of the molecule is CCCCC/C=C\C/C=C\CCCCCCCCCC(=O)OC(COC(=O)CCCCCCC)COC(=O)CCCCCCCCCCCCCCCCCCCCCCCCCCCCCCCCCCCCC. The second-order valence-corrected chi connectivity index (χ2v) is 23.1. The van der Waals surface area contributed by atoms with Crippen molar-refractivity contribution in [3.63, 3.8) is 0 Å². The molecular formula is C69H130O6. The lowest BCUT2D eigenvalue weighted by Gasteiger charge is -2.18. The molecular weight excluding hydrogens is 925 g/mol. The average molecular weight is 1060 g/mol.